The standard InChI is InChI=1S/C19H26N2O5/c1-14(22)20-9-16-4-5-19(26-16)11-21(6-7-23-12-19)10-15-2-3-17-18(8-15)25-13-24-17/h2-3,8,16H,4-7,9-13H2,1H3,(H,20,22)/t16-,19+/m1/s1. The molecule has 4 rings (SSSR count). The van der Waals surface area contributed by atoms with Gasteiger partial charge in [0.25, 0.3) is 0 Å². The van der Waals surface area contributed by atoms with Crippen LogP contribution in [0.5, 0.6) is 11.5 Å². The van der Waals surface area contributed by atoms with Crippen LogP contribution in [0.4, 0.5) is 0 Å². The fourth-order valence-electron chi connectivity index (χ4n) is 3.94. The normalized spacial score (nSPS) is 28.3. The Balaban J connectivity index is 1.39. The molecule has 1 aromatic rings. The maximum Gasteiger partial charge on any atom is 0.231 e. The van der Waals surface area contributed by atoms with Gasteiger partial charge in [-0.25, -0.2) is 0 Å². The van der Waals surface area contributed by atoms with Crippen molar-refractivity contribution in [1.29, 1.82) is 0 Å². The minimum Gasteiger partial charge on any atom is -0.454 e. The minimum atomic E-state index is -0.282. The molecular formula is C19H26N2O5. The highest BCUT2D eigenvalue weighted by Gasteiger charge is 2.43. The van der Waals surface area contributed by atoms with Crippen molar-refractivity contribution in [2.45, 2.75) is 38.0 Å². The molecule has 2 fully saturated rings. The Morgan fingerprint density at radius 1 is 1.35 bits per heavy atom. The van der Waals surface area contributed by atoms with Crippen LogP contribution in [0.2, 0.25) is 0 Å². The van der Waals surface area contributed by atoms with Gasteiger partial charge in [0.2, 0.25) is 12.7 Å². The quantitative estimate of drug-likeness (QED) is 0.871. The van der Waals surface area contributed by atoms with Crippen LogP contribution in [-0.4, -0.2) is 62.2 Å². The fraction of sp³-hybridized carbons (Fsp3) is 0.632. The lowest BCUT2D eigenvalue weighted by atomic mass is 9.99. The van der Waals surface area contributed by atoms with Crippen LogP contribution in [0.1, 0.15) is 25.3 Å². The van der Waals surface area contributed by atoms with Crippen molar-refractivity contribution in [1.82, 2.24) is 10.2 Å². The van der Waals surface area contributed by atoms with Crippen LogP contribution in [0.15, 0.2) is 18.2 Å². The van der Waals surface area contributed by atoms with Crippen LogP contribution < -0.4 is 14.8 Å². The average molecular weight is 362 g/mol. The third-order valence-corrected chi connectivity index (χ3v) is 5.19. The zero-order valence-electron chi connectivity index (χ0n) is 15.2. The molecule has 0 bridgehead atoms. The monoisotopic (exact) mass is 362 g/mol. The summed E-state index contributed by atoms with van der Waals surface area (Å²) in [6.45, 7) is 6.23. The van der Waals surface area contributed by atoms with E-state index in [-0.39, 0.29) is 17.6 Å². The summed E-state index contributed by atoms with van der Waals surface area (Å²) in [5.41, 5.74) is 0.912. The number of ether oxygens (including phenoxy) is 4. The molecule has 0 unspecified atom stereocenters. The topological polar surface area (TPSA) is 69.3 Å². The summed E-state index contributed by atoms with van der Waals surface area (Å²) < 4.78 is 23.1. The molecule has 142 valence electrons. The Labute approximate surface area is 153 Å². The van der Waals surface area contributed by atoms with E-state index in [1.54, 1.807) is 0 Å². The summed E-state index contributed by atoms with van der Waals surface area (Å²) in [5, 5.41) is 2.86. The molecule has 3 heterocycles. The van der Waals surface area contributed by atoms with E-state index < -0.39 is 0 Å². The first kappa shape index (κ1) is 17.6. The second-order valence-electron chi connectivity index (χ2n) is 7.35. The molecular weight excluding hydrogens is 336 g/mol. The van der Waals surface area contributed by atoms with Crippen LogP contribution in [0.25, 0.3) is 0 Å². The molecule has 1 aromatic carbocycles. The third-order valence-electron chi connectivity index (χ3n) is 5.19. The molecule has 2 saturated heterocycles. The molecule has 1 N–H and O–H groups in total. The molecule has 7 nitrogen and oxygen atoms in total. The van der Waals surface area contributed by atoms with Crippen molar-refractivity contribution in [2.75, 3.05) is 39.6 Å². The van der Waals surface area contributed by atoms with Crippen molar-refractivity contribution in [3.8, 4) is 11.5 Å². The van der Waals surface area contributed by atoms with Crippen molar-refractivity contribution < 1.29 is 23.7 Å². The molecule has 3 aliphatic heterocycles. The molecule has 2 atom stereocenters. The van der Waals surface area contributed by atoms with Gasteiger partial charge in [-0.1, -0.05) is 6.07 Å². The van der Waals surface area contributed by atoms with Gasteiger partial charge < -0.3 is 24.3 Å². The van der Waals surface area contributed by atoms with Gasteiger partial charge in [-0.05, 0) is 30.5 Å². The molecule has 7 heteroatoms. The van der Waals surface area contributed by atoms with Crippen LogP contribution in [0.3, 0.4) is 0 Å². The lowest BCUT2D eigenvalue weighted by Gasteiger charge is -2.32. The number of nitrogens with one attached hydrogen (secondary N) is 1. The van der Waals surface area contributed by atoms with Gasteiger partial charge >= 0.3 is 0 Å². The number of benzene rings is 1. The molecule has 0 saturated carbocycles. The highest BCUT2D eigenvalue weighted by molar-refractivity contribution is 5.72. The van der Waals surface area contributed by atoms with E-state index in [0.29, 0.717) is 26.6 Å². The van der Waals surface area contributed by atoms with Crippen molar-refractivity contribution in [2.24, 2.45) is 0 Å². The van der Waals surface area contributed by atoms with Crippen molar-refractivity contribution >= 4 is 5.91 Å². The van der Waals surface area contributed by atoms with E-state index in [2.05, 4.69) is 22.3 Å². The Hall–Kier alpha value is -1.83. The van der Waals surface area contributed by atoms with Gasteiger partial charge in [0.1, 0.15) is 5.60 Å². The van der Waals surface area contributed by atoms with Gasteiger partial charge in [0, 0.05) is 33.1 Å². The number of hydrogen-bond acceptors (Lipinski definition) is 6. The number of carbonyl (C=O) groups excluding carboxylic acids is 1. The molecule has 1 spiro atoms. The lowest BCUT2D eigenvalue weighted by Crippen LogP contribution is -2.45. The summed E-state index contributed by atoms with van der Waals surface area (Å²) in [4.78, 5) is 13.5. The number of rotatable bonds is 4. The average Bonchev–Trinajstić information content (AvgIpc) is 3.18. The van der Waals surface area contributed by atoms with E-state index in [0.717, 1.165) is 44.0 Å². The van der Waals surface area contributed by atoms with Crippen LogP contribution >= 0.6 is 0 Å². The second kappa shape index (κ2) is 7.42. The predicted molar refractivity (Wildman–Crippen MR) is 94.2 cm³/mol. The predicted octanol–water partition coefficient (Wildman–Crippen LogP) is 1.30. The lowest BCUT2D eigenvalue weighted by molar-refractivity contribution is -0.121. The molecule has 1 amide bonds. The Morgan fingerprint density at radius 2 is 2.23 bits per heavy atom. The number of carbonyl (C=O) groups is 1. The maximum absolute atomic E-state index is 11.1. The second-order valence-corrected chi connectivity index (χ2v) is 7.35. The largest absolute Gasteiger partial charge is 0.454 e. The Kier molecular flexibility index (Phi) is 5.02. The molecule has 3 aliphatic rings. The summed E-state index contributed by atoms with van der Waals surface area (Å²) in [6.07, 6.45) is 1.96. The SMILES string of the molecule is CC(=O)NC[C@H]1CC[C@]2(COCCN(Cc3ccc4c(c3)OCO4)C2)O1. The molecule has 0 radical (unpaired) electrons. The first-order valence-corrected chi connectivity index (χ1v) is 9.23. The highest BCUT2D eigenvalue weighted by Crippen LogP contribution is 2.35. The summed E-state index contributed by atoms with van der Waals surface area (Å²) >= 11 is 0. The summed E-state index contributed by atoms with van der Waals surface area (Å²) in [6, 6.07) is 6.11. The number of hydrogen-bond donors (Lipinski definition) is 1. The third kappa shape index (κ3) is 3.95. The van der Waals surface area contributed by atoms with Gasteiger partial charge in [0.05, 0.1) is 19.3 Å². The highest BCUT2D eigenvalue weighted by atomic mass is 16.7. The van der Waals surface area contributed by atoms with Gasteiger partial charge in [-0.3, -0.25) is 9.69 Å². The van der Waals surface area contributed by atoms with E-state index in [4.69, 9.17) is 18.9 Å². The van der Waals surface area contributed by atoms with Gasteiger partial charge in [-0.15, -0.1) is 0 Å². The zero-order valence-corrected chi connectivity index (χ0v) is 15.2. The molecule has 0 aliphatic carbocycles. The first-order chi connectivity index (χ1) is 12.6. The van der Waals surface area contributed by atoms with Gasteiger partial charge in [-0.2, -0.15) is 0 Å². The number of fused-ring (bicyclic) bond motifs is 1. The Bertz CT molecular complexity index is 667. The number of amides is 1. The summed E-state index contributed by atoms with van der Waals surface area (Å²) in [5.74, 6) is 1.61. The van der Waals surface area contributed by atoms with E-state index in [9.17, 15) is 4.79 Å². The first-order valence-electron chi connectivity index (χ1n) is 9.23. The van der Waals surface area contributed by atoms with Crippen LogP contribution in [-0.2, 0) is 20.8 Å². The zero-order chi connectivity index (χ0) is 18.0. The summed E-state index contributed by atoms with van der Waals surface area (Å²) in [7, 11) is 0. The van der Waals surface area contributed by atoms with E-state index in [1.807, 2.05) is 6.07 Å². The van der Waals surface area contributed by atoms with Crippen LogP contribution in [0, 0.1) is 0 Å². The van der Waals surface area contributed by atoms with E-state index in [1.165, 1.54) is 12.5 Å². The van der Waals surface area contributed by atoms with E-state index >= 15 is 0 Å². The Morgan fingerprint density at radius 3 is 3.12 bits per heavy atom. The molecule has 26 heavy (non-hydrogen) atoms. The van der Waals surface area contributed by atoms with Crippen molar-refractivity contribution in [3.05, 3.63) is 23.8 Å². The minimum absolute atomic E-state index is 0.0175. The number of nitrogens with zero attached hydrogens (tertiary/aromatic N) is 1. The van der Waals surface area contributed by atoms with Gasteiger partial charge in [0.15, 0.2) is 11.5 Å². The maximum atomic E-state index is 11.1. The fourth-order valence-corrected chi connectivity index (χ4v) is 3.94. The van der Waals surface area contributed by atoms with Crippen molar-refractivity contribution in [3.63, 3.8) is 0 Å². The smallest absolute Gasteiger partial charge is 0.231 e. The molecule has 0 aromatic heterocycles.